The van der Waals surface area contributed by atoms with Crippen LogP contribution in [0.5, 0.6) is 0 Å². The summed E-state index contributed by atoms with van der Waals surface area (Å²) in [5, 5.41) is 11.7. The van der Waals surface area contributed by atoms with E-state index < -0.39 is 18.0 Å². The fourth-order valence-corrected chi connectivity index (χ4v) is 1.24. The highest BCUT2D eigenvalue weighted by atomic mass is 16.5. The number of hydrogen-bond acceptors (Lipinski definition) is 6. The van der Waals surface area contributed by atoms with Gasteiger partial charge in [0.25, 0.3) is 5.91 Å². The maximum atomic E-state index is 11.7. The number of methoxy groups -OCH3 is 1. The summed E-state index contributed by atoms with van der Waals surface area (Å²) in [5.41, 5.74) is 6.35. The molecular formula is C11H15N3O4. The second kappa shape index (κ2) is 6.67. The third-order valence-electron chi connectivity index (χ3n) is 2.22. The van der Waals surface area contributed by atoms with Gasteiger partial charge in [0.15, 0.2) is 6.10 Å². The van der Waals surface area contributed by atoms with E-state index in [2.05, 4.69) is 15.0 Å². The molecule has 0 aliphatic carbocycles. The van der Waals surface area contributed by atoms with E-state index in [1.807, 2.05) is 0 Å². The fourth-order valence-electron chi connectivity index (χ4n) is 1.24. The number of aliphatic hydroxyl groups is 1. The van der Waals surface area contributed by atoms with Crippen molar-refractivity contribution >= 4 is 11.9 Å². The van der Waals surface area contributed by atoms with Gasteiger partial charge in [-0.15, -0.1) is 0 Å². The zero-order valence-corrected chi connectivity index (χ0v) is 9.92. The highest BCUT2D eigenvalue weighted by Gasteiger charge is 2.16. The van der Waals surface area contributed by atoms with E-state index in [-0.39, 0.29) is 13.1 Å². The highest BCUT2D eigenvalue weighted by molar-refractivity contribution is 5.94. The molecule has 1 aromatic heterocycles. The topological polar surface area (TPSA) is 115 Å². The Kier molecular flexibility index (Phi) is 5.22. The lowest BCUT2D eigenvalue weighted by atomic mass is 10.2. The molecular weight excluding hydrogens is 238 g/mol. The quantitative estimate of drug-likeness (QED) is 0.568. The number of esters is 1. The van der Waals surface area contributed by atoms with Gasteiger partial charge in [0, 0.05) is 18.3 Å². The molecule has 0 aliphatic rings. The fraction of sp³-hybridized carbons (Fsp3) is 0.364. The first-order valence-corrected chi connectivity index (χ1v) is 5.27. The van der Waals surface area contributed by atoms with Crippen LogP contribution in [0.15, 0.2) is 18.3 Å². The second-order valence-electron chi connectivity index (χ2n) is 3.49. The predicted molar refractivity (Wildman–Crippen MR) is 62.5 cm³/mol. The van der Waals surface area contributed by atoms with Gasteiger partial charge in [-0.25, -0.2) is 4.79 Å². The lowest BCUT2D eigenvalue weighted by Gasteiger charge is -2.10. The van der Waals surface area contributed by atoms with Crippen LogP contribution in [0.25, 0.3) is 0 Å². The molecule has 18 heavy (non-hydrogen) atoms. The van der Waals surface area contributed by atoms with Crippen molar-refractivity contribution in [2.24, 2.45) is 5.73 Å². The Labute approximate surface area is 104 Å². The number of carbonyl (C=O) groups is 2. The van der Waals surface area contributed by atoms with Gasteiger partial charge < -0.3 is 20.9 Å². The monoisotopic (exact) mass is 253 g/mol. The predicted octanol–water partition coefficient (Wildman–Crippen LogP) is -1.20. The smallest absolute Gasteiger partial charge is 0.336 e. The largest absolute Gasteiger partial charge is 0.467 e. The lowest BCUT2D eigenvalue weighted by molar-refractivity contribution is -0.149. The van der Waals surface area contributed by atoms with Crippen molar-refractivity contribution in [3.8, 4) is 0 Å². The van der Waals surface area contributed by atoms with Crippen LogP contribution in [-0.4, -0.2) is 41.7 Å². The van der Waals surface area contributed by atoms with Crippen LogP contribution in [0.4, 0.5) is 0 Å². The summed E-state index contributed by atoms with van der Waals surface area (Å²) in [5.74, 6) is -1.22. The first-order valence-electron chi connectivity index (χ1n) is 5.27. The van der Waals surface area contributed by atoms with Crippen molar-refractivity contribution in [2.75, 3.05) is 13.7 Å². The third-order valence-corrected chi connectivity index (χ3v) is 2.22. The number of aliphatic hydroxyl groups excluding tert-OH is 1. The summed E-state index contributed by atoms with van der Waals surface area (Å²) < 4.78 is 4.32. The molecule has 0 radical (unpaired) electrons. The van der Waals surface area contributed by atoms with Gasteiger partial charge in [-0.05, 0) is 12.1 Å². The van der Waals surface area contributed by atoms with Crippen LogP contribution in [0.3, 0.4) is 0 Å². The minimum Gasteiger partial charge on any atom is -0.467 e. The van der Waals surface area contributed by atoms with Crippen molar-refractivity contribution < 1.29 is 19.4 Å². The summed E-state index contributed by atoms with van der Waals surface area (Å²) in [4.78, 5) is 26.5. The first-order chi connectivity index (χ1) is 8.58. The van der Waals surface area contributed by atoms with Gasteiger partial charge in [-0.2, -0.15) is 0 Å². The van der Waals surface area contributed by atoms with Crippen LogP contribution in [0.2, 0.25) is 0 Å². The zero-order valence-electron chi connectivity index (χ0n) is 9.92. The van der Waals surface area contributed by atoms with Gasteiger partial charge in [0.05, 0.1) is 19.3 Å². The van der Waals surface area contributed by atoms with E-state index in [4.69, 9.17) is 5.73 Å². The summed E-state index contributed by atoms with van der Waals surface area (Å²) in [6, 6.07) is 3.05. The first kappa shape index (κ1) is 14.1. The number of pyridine rings is 1. The summed E-state index contributed by atoms with van der Waals surface area (Å²) in [7, 11) is 1.16. The SMILES string of the molecule is COC(=O)C(O)CNC(=O)c1ccnc(CN)c1. The van der Waals surface area contributed by atoms with Crippen molar-refractivity contribution in [2.45, 2.75) is 12.6 Å². The Balaban J connectivity index is 2.57. The molecule has 1 aromatic rings. The highest BCUT2D eigenvalue weighted by Crippen LogP contribution is 2.01. The third kappa shape index (κ3) is 3.79. The molecule has 0 saturated heterocycles. The molecule has 0 aliphatic heterocycles. The molecule has 1 rings (SSSR count). The Morgan fingerprint density at radius 3 is 2.94 bits per heavy atom. The average molecular weight is 253 g/mol. The number of nitrogens with two attached hydrogens (primary N) is 1. The minimum atomic E-state index is -1.38. The second-order valence-corrected chi connectivity index (χ2v) is 3.49. The molecule has 0 aromatic carbocycles. The number of ether oxygens (including phenoxy) is 1. The molecule has 1 atom stereocenters. The van der Waals surface area contributed by atoms with E-state index in [1.54, 1.807) is 6.07 Å². The molecule has 4 N–H and O–H groups in total. The number of amides is 1. The Morgan fingerprint density at radius 1 is 1.61 bits per heavy atom. The van der Waals surface area contributed by atoms with E-state index in [0.29, 0.717) is 11.3 Å². The van der Waals surface area contributed by atoms with Crippen LogP contribution in [0.1, 0.15) is 16.1 Å². The number of nitrogens with one attached hydrogen (secondary N) is 1. The average Bonchev–Trinajstić information content (AvgIpc) is 2.43. The normalized spacial score (nSPS) is 11.7. The number of carbonyl (C=O) groups excluding carboxylic acids is 2. The van der Waals surface area contributed by atoms with Crippen molar-refractivity contribution in [3.63, 3.8) is 0 Å². The Morgan fingerprint density at radius 2 is 2.33 bits per heavy atom. The van der Waals surface area contributed by atoms with E-state index in [0.717, 1.165) is 7.11 Å². The molecule has 0 bridgehead atoms. The van der Waals surface area contributed by atoms with E-state index >= 15 is 0 Å². The summed E-state index contributed by atoms with van der Waals surface area (Å²) in [6.07, 6.45) is 0.0863. The Bertz CT molecular complexity index is 436. The van der Waals surface area contributed by atoms with Gasteiger partial charge in [-0.3, -0.25) is 9.78 Å². The van der Waals surface area contributed by atoms with Crippen LogP contribution >= 0.6 is 0 Å². The molecule has 7 nitrogen and oxygen atoms in total. The maximum absolute atomic E-state index is 11.7. The van der Waals surface area contributed by atoms with E-state index in [1.165, 1.54) is 12.3 Å². The minimum absolute atomic E-state index is 0.216. The molecule has 1 heterocycles. The van der Waals surface area contributed by atoms with Crippen molar-refractivity contribution in [3.05, 3.63) is 29.6 Å². The molecule has 1 amide bonds. The number of nitrogens with zero attached hydrogens (tertiary/aromatic N) is 1. The molecule has 0 spiro atoms. The summed E-state index contributed by atoms with van der Waals surface area (Å²) in [6.45, 7) is 0.0116. The molecule has 7 heteroatoms. The maximum Gasteiger partial charge on any atom is 0.336 e. The molecule has 1 unspecified atom stereocenters. The number of hydrogen-bond donors (Lipinski definition) is 3. The van der Waals surface area contributed by atoms with Gasteiger partial charge >= 0.3 is 5.97 Å². The molecule has 0 fully saturated rings. The summed E-state index contributed by atoms with van der Waals surface area (Å²) >= 11 is 0. The Hall–Kier alpha value is -1.99. The van der Waals surface area contributed by atoms with Gasteiger partial charge in [0.2, 0.25) is 0 Å². The van der Waals surface area contributed by atoms with Crippen molar-refractivity contribution in [1.29, 1.82) is 0 Å². The van der Waals surface area contributed by atoms with Crippen LogP contribution in [-0.2, 0) is 16.1 Å². The standard InChI is InChI=1S/C11H15N3O4/c1-18-11(17)9(15)6-14-10(16)7-2-3-13-8(4-7)5-12/h2-4,9,15H,5-6,12H2,1H3,(H,14,16). The lowest BCUT2D eigenvalue weighted by Crippen LogP contribution is -2.37. The van der Waals surface area contributed by atoms with E-state index in [9.17, 15) is 14.7 Å². The molecule has 0 saturated carbocycles. The zero-order chi connectivity index (χ0) is 13.5. The van der Waals surface area contributed by atoms with Crippen molar-refractivity contribution in [1.82, 2.24) is 10.3 Å². The number of aromatic nitrogens is 1. The van der Waals surface area contributed by atoms with Crippen LogP contribution < -0.4 is 11.1 Å². The van der Waals surface area contributed by atoms with Crippen LogP contribution in [0, 0.1) is 0 Å². The van der Waals surface area contributed by atoms with Gasteiger partial charge in [0.1, 0.15) is 0 Å². The van der Waals surface area contributed by atoms with Gasteiger partial charge in [-0.1, -0.05) is 0 Å². The molecule has 98 valence electrons. The number of rotatable bonds is 5.